The van der Waals surface area contributed by atoms with Crippen LogP contribution in [0.5, 0.6) is 0 Å². The Hall–Kier alpha value is -3.61. The van der Waals surface area contributed by atoms with Crippen LogP contribution >= 0.6 is 0 Å². The predicted octanol–water partition coefficient (Wildman–Crippen LogP) is 4.95. The predicted molar refractivity (Wildman–Crippen MR) is 116 cm³/mol. The molecule has 160 valence electrons. The van der Waals surface area contributed by atoms with Crippen molar-refractivity contribution in [3.05, 3.63) is 82.8 Å². The smallest absolute Gasteiger partial charge is 0.256 e. The van der Waals surface area contributed by atoms with Gasteiger partial charge in [-0.05, 0) is 59.7 Å². The fourth-order valence-corrected chi connectivity index (χ4v) is 4.39. The molecule has 4 aromatic rings. The maximum Gasteiger partial charge on any atom is 0.256 e. The van der Waals surface area contributed by atoms with Crippen LogP contribution in [0.15, 0.2) is 48.8 Å². The summed E-state index contributed by atoms with van der Waals surface area (Å²) >= 11 is 0. The van der Waals surface area contributed by atoms with Gasteiger partial charge in [-0.25, -0.2) is 8.78 Å². The second-order valence-corrected chi connectivity index (χ2v) is 8.36. The molecule has 5 nitrogen and oxygen atoms in total. The minimum Gasteiger partial charge on any atom is -0.328 e. The molecule has 6 rings (SSSR count). The van der Waals surface area contributed by atoms with Crippen molar-refractivity contribution in [2.24, 2.45) is 7.05 Å². The van der Waals surface area contributed by atoms with Gasteiger partial charge in [-0.1, -0.05) is 12.1 Å². The number of hydrogen-bond acceptors (Lipinski definition) is 3. The molecule has 0 bridgehead atoms. The Bertz CT molecular complexity index is 1470. The zero-order valence-electron chi connectivity index (χ0n) is 19.3. The number of nitrogens with zero attached hydrogens (tertiary/aromatic N) is 4. The largest absolute Gasteiger partial charge is 0.328 e. The van der Waals surface area contributed by atoms with Crippen molar-refractivity contribution in [2.45, 2.75) is 31.8 Å². The number of pyridine rings is 1. The first-order valence-electron chi connectivity index (χ1n) is 11.5. The van der Waals surface area contributed by atoms with E-state index < -0.39 is 30.6 Å². The summed E-state index contributed by atoms with van der Waals surface area (Å²) in [5.74, 6) is -1.85. The van der Waals surface area contributed by atoms with Crippen molar-refractivity contribution in [3.8, 4) is 11.1 Å². The number of carbonyl (C=O) groups excluding carboxylic acids is 1. The number of benzene rings is 2. The maximum absolute atomic E-state index is 15.2. The molecule has 0 unspecified atom stereocenters. The summed E-state index contributed by atoms with van der Waals surface area (Å²) in [5, 5.41) is 5.40. The first-order chi connectivity index (χ1) is 16.3. The monoisotopic (exact) mass is 432 g/mol. The summed E-state index contributed by atoms with van der Waals surface area (Å²) in [4.78, 5) is 17.6. The van der Waals surface area contributed by atoms with E-state index in [4.69, 9.17) is 2.74 Å². The van der Waals surface area contributed by atoms with E-state index >= 15 is 8.78 Å². The number of aromatic nitrogens is 3. The van der Waals surface area contributed by atoms with Crippen LogP contribution in [0, 0.1) is 11.6 Å². The van der Waals surface area contributed by atoms with Crippen molar-refractivity contribution >= 4 is 16.8 Å². The fraction of sp³-hybridized carbons (Fsp3) is 0.240. The molecule has 2 aromatic heterocycles. The van der Waals surface area contributed by atoms with Crippen LogP contribution < -0.4 is 0 Å². The standard InChI is InChI=1S/C25H20F2N4O/c1-30-11-19-16(6-7-17(14-4-5-14)24(19)29-30)15-9-21(26)20(22(27)10-15)12-31-13-23-18(25(31)32)3-2-8-28-23/h2-3,6-11,14H,4-5,12-13H2,1H3/i13D2. The van der Waals surface area contributed by atoms with Crippen LogP contribution in [0.2, 0.25) is 0 Å². The Morgan fingerprint density at radius 2 is 1.94 bits per heavy atom. The van der Waals surface area contributed by atoms with Crippen LogP contribution in [-0.4, -0.2) is 25.6 Å². The quantitative estimate of drug-likeness (QED) is 0.459. The van der Waals surface area contributed by atoms with Crippen LogP contribution in [0.3, 0.4) is 0 Å². The van der Waals surface area contributed by atoms with E-state index in [1.807, 2.05) is 25.4 Å². The lowest BCUT2D eigenvalue weighted by Gasteiger charge is -2.17. The molecule has 3 heterocycles. The maximum atomic E-state index is 15.2. The lowest BCUT2D eigenvalue weighted by molar-refractivity contribution is 0.0763. The molecule has 1 amide bonds. The third-order valence-corrected chi connectivity index (χ3v) is 6.13. The molecule has 32 heavy (non-hydrogen) atoms. The molecule has 2 aliphatic rings. The van der Waals surface area contributed by atoms with Crippen molar-refractivity contribution < 1.29 is 16.3 Å². The van der Waals surface area contributed by atoms with Crippen molar-refractivity contribution in [1.29, 1.82) is 0 Å². The Labute approximate surface area is 186 Å². The summed E-state index contributed by atoms with van der Waals surface area (Å²) in [6.07, 6.45) is 5.47. The SMILES string of the molecule is [2H]C1([2H])c2ncccc2C(=O)N1Cc1c(F)cc(-c2ccc(C3CC3)c3nn(C)cc23)cc1F. The Kier molecular flexibility index (Phi) is 3.69. The number of fused-ring (bicyclic) bond motifs is 2. The van der Waals surface area contributed by atoms with Gasteiger partial charge in [0.1, 0.15) is 11.6 Å². The number of rotatable bonds is 4. The van der Waals surface area contributed by atoms with Crippen LogP contribution in [0.4, 0.5) is 8.78 Å². The molecule has 1 fully saturated rings. The summed E-state index contributed by atoms with van der Waals surface area (Å²) < 4.78 is 48.9. The third-order valence-electron chi connectivity index (χ3n) is 6.13. The Balaban J connectivity index is 1.39. The second-order valence-electron chi connectivity index (χ2n) is 8.36. The van der Waals surface area contributed by atoms with Crippen molar-refractivity contribution in [3.63, 3.8) is 0 Å². The van der Waals surface area contributed by atoms with E-state index in [9.17, 15) is 4.79 Å². The molecule has 0 radical (unpaired) electrons. The molecule has 1 saturated carbocycles. The summed E-state index contributed by atoms with van der Waals surface area (Å²) in [5.41, 5.74) is 2.70. The lowest BCUT2D eigenvalue weighted by atomic mass is 9.96. The number of carbonyl (C=O) groups is 1. The molecule has 1 aliphatic heterocycles. The lowest BCUT2D eigenvalue weighted by Crippen LogP contribution is -2.24. The molecule has 0 spiro atoms. The summed E-state index contributed by atoms with van der Waals surface area (Å²) in [6.45, 7) is -2.82. The average molecular weight is 432 g/mol. The van der Waals surface area contributed by atoms with E-state index in [0.29, 0.717) is 17.0 Å². The van der Waals surface area contributed by atoms with Gasteiger partial charge in [-0.2, -0.15) is 5.10 Å². The minimum atomic E-state index is -2.27. The number of hydrogen-bond donors (Lipinski definition) is 0. The highest BCUT2D eigenvalue weighted by Crippen LogP contribution is 2.44. The Morgan fingerprint density at radius 1 is 1.16 bits per heavy atom. The van der Waals surface area contributed by atoms with Crippen LogP contribution in [0.1, 0.15) is 48.7 Å². The van der Waals surface area contributed by atoms with E-state index in [-0.39, 0.29) is 16.8 Å². The van der Waals surface area contributed by atoms with Crippen LogP contribution in [-0.2, 0) is 20.1 Å². The number of amides is 1. The van der Waals surface area contributed by atoms with Gasteiger partial charge in [-0.15, -0.1) is 0 Å². The van der Waals surface area contributed by atoms with Crippen molar-refractivity contribution in [2.75, 3.05) is 0 Å². The topological polar surface area (TPSA) is 51.0 Å². The molecule has 0 atom stereocenters. The number of halogens is 2. The van der Waals surface area contributed by atoms with Gasteiger partial charge in [0, 0.05) is 30.4 Å². The minimum absolute atomic E-state index is 0.0489. The molecular formula is C25H20F2N4O. The highest BCUT2D eigenvalue weighted by Gasteiger charge is 2.30. The van der Waals surface area contributed by atoms with E-state index in [2.05, 4.69) is 10.1 Å². The molecule has 0 saturated heterocycles. The first kappa shape index (κ1) is 17.0. The van der Waals surface area contributed by atoms with Gasteiger partial charge in [0.25, 0.3) is 5.91 Å². The Morgan fingerprint density at radius 3 is 2.66 bits per heavy atom. The molecule has 7 heteroatoms. The summed E-state index contributed by atoms with van der Waals surface area (Å²) in [7, 11) is 1.82. The molecular weight excluding hydrogens is 410 g/mol. The molecule has 1 aliphatic carbocycles. The van der Waals surface area contributed by atoms with Gasteiger partial charge in [-0.3, -0.25) is 14.5 Å². The molecule has 2 aromatic carbocycles. The van der Waals surface area contributed by atoms with Gasteiger partial charge < -0.3 is 4.90 Å². The molecule has 0 N–H and O–H groups in total. The van der Waals surface area contributed by atoms with Gasteiger partial charge >= 0.3 is 0 Å². The second kappa shape index (κ2) is 6.95. The van der Waals surface area contributed by atoms with E-state index in [1.165, 1.54) is 30.5 Å². The highest BCUT2D eigenvalue weighted by atomic mass is 19.1. The van der Waals surface area contributed by atoms with Gasteiger partial charge in [0.05, 0.1) is 32.6 Å². The van der Waals surface area contributed by atoms with Crippen LogP contribution in [0.25, 0.3) is 22.0 Å². The van der Waals surface area contributed by atoms with Crippen molar-refractivity contribution in [1.82, 2.24) is 19.7 Å². The zero-order valence-corrected chi connectivity index (χ0v) is 17.3. The summed E-state index contributed by atoms with van der Waals surface area (Å²) in [6, 6.07) is 9.31. The zero-order chi connectivity index (χ0) is 23.8. The normalized spacial score (nSPS) is 18.1. The number of aryl methyl sites for hydroxylation is 1. The van der Waals surface area contributed by atoms with E-state index in [0.717, 1.165) is 34.2 Å². The average Bonchev–Trinajstić information content (AvgIpc) is 3.53. The third kappa shape index (κ3) is 2.99. The van der Waals surface area contributed by atoms with E-state index in [1.54, 1.807) is 4.68 Å². The van der Waals surface area contributed by atoms with Gasteiger partial charge in [0.2, 0.25) is 0 Å². The first-order valence-corrected chi connectivity index (χ1v) is 10.5. The van der Waals surface area contributed by atoms with Gasteiger partial charge in [0.15, 0.2) is 0 Å². The highest BCUT2D eigenvalue weighted by molar-refractivity contribution is 5.98. The fourth-order valence-electron chi connectivity index (χ4n) is 4.39.